The number of carbonyl (C=O) groups is 2. The van der Waals surface area contributed by atoms with Crippen LogP contribution in [0.5, 0.6) is 0 Å². The first-order valence-electron chi connectivity index (χ1n) is 11.5. The number of likely N-dealkylation sites (N-methyl/N-ethyl adjacent to an activating group) is 1. The van der Waals surface area contributed by atoms with Crippen molar-refractivity contribution in [1.82, 2.24) is 10.2 Å². The van der Waals surface area contributed by atoms with Gasteiger partial charge < -0.3 is 10.2 Å². The Morgan fingerprint density at radius 2 is 1.62 bits per heavy atom. The lowest BCUT2D eigenvalue weighted by atomic mass is 10.0. The largest absolute Gasteiger partial charge is 0.355 e. The lowest BCUT2D eigenvalue weighted by molar-refractivity contribution is -0.139. The average Bonchev–Trinajstić information content (AvgIpc) is 2.84. The number of nitrogens with one attached hydrogen (secondary N) is 1. The number of hydrogen-bond donors (Lipinski definition) is 1. The zero-order valence-corrected chi connectivity index (χ0v) is 20.5. The maximum absolute atomic E-state index is 14.5. The summed E-state index contributed by atoms with van der Waals surface area (Å²) in [5.41, 5.74) is 3.65. The van der Waals surface area contributed by atoms with Gasteiger partial charge in [0.2, 0.25) is 11.8 Å². The second-order valence-corrected chi connectivity index (χ2v) is 9.18. The molecule has 0 fully saturated rings. The van der Waals surface area contributed by atoms with E-state index in [9.17, 15) is 14.0 Å². The van der Waals surface area contributed by atoms with Crippen LogP contribution in [0.25, 0.3) is 0 Å². The van der Waals surface area contributed by atoms with Crippen molar-refractivity contribution in [2.24, 2.45) is 0 Å². The van der Waals surface area contributed by atoms with Gasteiger partial charge in [-0.3, -0.25) is 9.59 Å². The van der Waals surface area contributed by atoms with E-state index < -0.39 is 6.04 Å². The summed E-state index contributed by atoms with van der Waals surface area (Å²) in [7, 11) is 0. The van der Waals surface area contributed by atoms with Gasteiger partial charge in [-0.15, -0.1) is 11.8 Å². The standard InChI is InChI=1S/C28H31FN2O2S/c1-3-30-28(33)26(17-22-9-5-4-6-10-22)31(18-24-11-7-8-12-25(24)29)27(32)20-34-19-23-15-13-21(2)14-16-23/h4-16,26H,3,17-20H2,1-2H3,(H,30,33)/t26-/m0/s1. The summed E-state index contributed by atoms with van der Waals surface area (Å²) in [6, 6.07) is 23.5. The predicted octanol–water partition coefficient (Wildman–Crippen LogP) is 5.14. The van der Waals surface area contributed by atoms with Crippen LogP contribution in [0, 0.1) is 12.7 Å². The number of benzene rings is 3. The summed E-state index contributed by atoms with van der Waals surface area (Å²) in [6.07, 6.45) is 0.357. The van der Waals surface area contributed by atoms with Crippen LogP contribution < -0.4 is 5.32 Å². The topological polar surface area (TPSA) is 49.4 Å². The first kappa shape index (κ1) is 25.5. The highest BCUT2D eigenvalue weighted by atomic mass is 32.2. The molecule has 0 saturated carbocycles. The average molecular weight is 479 g/mol. The summed E-state index contributed by atoms with van der Waals surface area (Å²) < 4.78 is 14.5. The molecule has 0 aliphatic heterocycles. The highest BCUT2D eigenvalue weighted by Crippen LogP contribution is 2.20. The number of halogens is 1. The van der Waals surface area contributed by atoms with Crippen molar-refractivity contribution in [3.8, 4) is 0 Å². The Bertz CT molecular complexity index is 1070. The fourth-order valence-electron chi connectivity index (χ4n) is 3.68. The Morgan fingerprint density at radius 1 is 0.941 bits per heavy atom. The molecule has 0 saturated heterocycles. The molecular weight excluding hydrogens is 447 g/mol. The minimum atomic E-state index is -0.741. The van der Waals surface area contributed by atoms with E-state index in [0.717, 1.165) is 11.1 Å². The molecule has 178 valence electrons. The molecule has 3 aromatic carbocycles. The highest BCUT2D eigenvalue weighted by Gasteiger charge is 2.30. The van der Waals surface area contributed by atoms with E-state index in [4.69, 9.17) is 0 Å². The Hall–Kier alpha value is -3.12. The van der Waals surface area contributed by atoms with E-state index in [1.54, 1.807) is 18.2 Å². The lowest BCUT2D eigenvalue weighted by Gasteiger charge is -2.31. The number of aryl methyl sites for hydroxylation is 1. The van der Waals surface area contributed by atoms with E-state index in [0.29, 0.717) is 24.3 Å². The first-order valence-corrected chi connectivity index (χ1v) is 12.6. The molecule has 3 aromatic rings. The van der Waals surface area contributed by atoms with Crippen molar-refractivity contribution in [2.45, 2.75) is 38.6 Å². The van der Waals surface area contributed by atoms with E-state index >= 15 is 0 Å². The number of thioether (sulfide) groups is 1. The lowest BCUT2D eigenvalue weighted by Crippen LogP contribution is -2.51. The quantitative estimate of drug-likeness (QED) is 0.415. The van der Waals surface area contributed by atoms with Crippen LogP contribution in [0.4, 0.5) is 4.39 Å². The molecule has 0 aromatic heterocycles. The van der Waals surface area contributed by atoms with Gasteiger partial charge in [-0.25, -0.2) is 4.39 Å². The molecule has 3 rings (SSSR count). The zero-order valence-electron chi connectivity index (χ0n) is 19.7. The molecule has 0 aliphatic rings. The maximum Gasteiger partial charge on any atom is 0.243 e. The van der Waals surface area contributed by atoms with Crippen LogP contribution in [0.2, 0.25) is 0 Å². The van der Waals surface area contributed by atoms with Crippen molar-refractivity contribution in [3.05, 3.63) is 107 Å². The van der Waals surface area contributed by atoms with E-state index in [1.165, 1.54) is 28.3 Å². The van der Waals surface area contributed by atoms with Gasteiger partial charge in [-0.1, -0.05) is 78.4 Å². The van der Waals surface area contributed by atoms with E-state index in [-0.39, 0.29) is 29.9 Å². The Labute approximate surface area is 205 Å². The molecule has 0 radical (unpaired) electrons. The zero-order chi connectivity index (χ0) is 24.3. The number of rotatable bonds is 11. The Morgan fingerprint density at radius 3 is 2.29 bits per heavy atom. The first-order chi connectivity index (χ1) is 16.5. The number of carbonyl (C=O) groups excluding carboxylic acids is 2. The Balaban J connectivity index is 1.82. The maximum atomic E-state index is 14.5. The molecule has 1 N–H and O–H groups in total. The SMILES string of the molecule is CCNC(=O)[C@H](Cc1ccccc1)N(Cc1ccccc1F)C(=O)CSCc1ccc(C)cc1. The normalized spacial score (nSPS) is 11.6. The molecule has 0 aliphatic carbocycles. The predicted molar refractivity (Wildman–Crippen MR) is 137 cm³/mol. The van der Waals surface area contributed by atoms with Crippen LogP contribution in [-0.4, -0.2) is 35.1 Å². The van der Waals surface area contributed by atoms with Crippen molar-refractivity contribution in [1.29, 1.82) is 0 Å². The molecule has 4 nitrogen and oxygen atoms in total. The Kier molecular flexibility index (Phi) is 9.71. The number of nitrogens with zero attached hydrogens (tertiary/aromatic N) is 1. The molecule has 34 heavy (non-hydrogen) atoms. The van der Waals surface area contributed by atoms with E-state index in [2.05, 4.69) is 17.4 Å². The van der Waals surface area contributed by atoms with Gasteiger partial charge in [0.25, 0.3) is 0 Å². The van der Waals surface area contributed by atoms with Crippen molar-refractivity contribution in [2.75, 3.05) is 12.3 Å². The van der Waals surface area contributed by atoms with Gasteiger partial charge in [0.15, 0.2) is 0 Å². The van der Waals surface area contributed by atoms with Gasteiger partial charge in [0.1, 0.15) is 11.9 Å². The van der Waals surface area contributed by atoms with Gasteiger partial charge in [0.05, 0.1) is 5.75 Å². The molecule has 0 heterocycles. The van der Waals surface area contributed by atoms with Gasteiger partial charge in [-0.05, 0) is 31.0 Å². The van der Waals surface area contributed by atoms with Gasteiger partial charge in [-0.2, -0.15) is 0 Å². The van der Waals surface area contributed by atoms with Crippen molar-refractivity contribution >= 4 is 23.6 Å². The summed E-state index contributed by atoms with van der Waals surface area (Å²) >= 11 is 1.50. The van der Waals surface area contributed by atoms with Crippen LogP contribution in [0.15, 0.2) is 78.9 Å². The van der Waals surface area contributed by atoms with Gasteiger partial charge in [0, 0.05) is 30.8 Å². The summed E-state index contributed by atoms with van der Waals surface area (Å²) in [5.74, 6) is 0.0750. The fraction of sp³-hybridized carbons (Fsp3) is 0.286. The van der Waals surface area contributed by atoms with Crippen LogP contribution in [0.3, 0.4) is 0 Å². The second kappa shape index (κ2) is 12.9. The molecule has 0 unspecified atom stereocenters. The third-order valence-corrected chi connectivity index (χ3v) is 6.52. The third kappa shape index (κ3) is 7.45. The third-order valence-electron chi connectivity index (χ3n) is 5.54. The molecule has 6 heteroatoms. The molecular formula is C28H31FN2O2S. The van der Waals surface area contributed by atoms with Gasteiger partial charge >= 0.3 is 0 Å². The fourth-order valence-corrected chi connectivity index (χ4v) is 4.55. The summed E-state index contributed by atoms with van der Waals surface area (Å²) in [5, 5.41) is 2.86. The van der Waals surface area contributed by atoms with E-state index in [1.807, 2.05) is 56.3 Å². The number of hydrogen-bond acceptors (Lipinski definition) is 3. The monoisotopic (exact) mass is 478 g/mol. The molecule has 2 amide bonds. The number of amides is 2. The van der Waals surface area contributed by atoms with Crippen LogP contribution >= 0.6 is 11.8 Å². The van der Waals surface area contributed by atoms with Crippen molar-refractivity contribution in [3.63, 3.8) is 0 Å². The smallest absolute Gasteiger partial charge is 0.243 e. The minimum absolute atomic E-state index is 0.0330. The summed E-state index contributed by atoms with van der Waals surface area (Å²) in [6.45, 7) is 4.37. The minimum Gasteiger partial charge on any atom is -0.355 e. The molecule has 1 atom stereocenters. The molecule has 0 bridgehead atoms. The molecule has 0 spiro atoms. The van der Waals surface area contributed by atoms with Crippen LogP contribution in [0.1, 0.15) is 29.2 Å². The van der Waals surface area contributed by atoms with Crippen molar-refractivity contribution < 1.29 is 14.0 Å². The second-order valence-electron chi connectivity index (χ2n) is 8.19. The summed E-state index contributed by atoms with van der Waals surface area (Å²) in [4.78, 5) is 28.1. The van der Waals surface area contributed by atoms with Crippen LogP contribution in [-0.2, 0) is 28.3 Å². The highest BCUT2D eigenvalue weighted by molar-refractivity contribution is 7.99.